The predicted molar refractivity (Wildman–Crippen MR) is 146 cm³/mol. The highest BCUT2D eigenvalue weighted by Crippen LogP contribution is 2.31. The van der Waals surface area contributed by atoms with Crippen molar-refractivity contribution >= 4 is 34.8 Å². The third-order valence-corrected chi connectivity index (χ3v) is 6.77. The molecule has 0 bridgehead atoms. The van der Waals surface area contributed by atoms with E-state index in [1.807, 2.05) is 45.2 Å². The number of rotatable bonds is 8. The second-order valence-electron chi connectivity index (χ2n) is 7.60. The first kappa shape index (κ1) is 30.0. The van der Waals surface area contributed by atoms with E-state index in [2.05, 4.69) is 36.0 Å². The van der Waals surface area contributed by atoms with Crippen molar-refractivity contribution in [3.63, 3.8) is 0 Å². The number of alkyl halides is 3. The Kier molecular flexibility index (Phi) is 13.3. The molecule has 0 spiro atoms. The van der Waals surface area contributed by atoms with Gasteiger partial charge in [-0.05, 0) is 43.7 Å². The Morgan fingerprint density at radius 1 is 1.38 bits per heavy atom. The molecular weight excluding hydrogens is 475 g/mol. The molecule has 3 nitrogen and oxygen atoms in total. The second kappa shape index (κ2) is 15.0. The van der Waals surface area contributed by atoms with Gasteiger partial charge in [0.2, 0.25) is 0 Å². The Bertz CT molecular complexity index is 880. The van der Waals surface area contributed by atoms with Gasteiger partial charge in [-0.25, -0.2) is 0 Å². The van der Waals surface area contributed by atoms with Gasteiger partial charge in [0.25, 0.3) is 0 Å². The monoisotopic (exact) mass is 511 g/mol. The number of aliphatic imine (C=N–C) groups is 1. The smallest absolute Gasteiger partial charge is 0.353 e. The summed E-state index contributed by atoms with van der Waals surface area (Å²) in [7, 11) is 1.79. The largest absolute Gasteiger partial charge is 0.408 e. The first-order valence-corrected chi connectivity index (χ1v) is 12.9. The van der Waals surface area contributed by atoms with Crippen molar-refractivity contribution in [1.29, 1.82) is 0 Å². The van der Waals surface area contributed by atoms with E-state index in [4.69, 9.17) is 12.2 Å². The summed E-state index contributed by atoms with van der Waals surface area (Å²) >= 11 is 6.74. The summed E-state index contributed by atoms with van der Waals surface area (Å²) in [6, 6.07) is 0. The van der Waals surface area contributed by atoms with Gasteiger partial charge in [0.15, 0.2) is 0 Å². The highest BCUT2D eigenvalue weighted by molar-refractivity contribution is 8.04. The molecule has 8 heteroatoms. The van der Waals surface area contributed by atoms with E-state index in [9.17, 15) is 13.2 Å². The van der Waals surface area contributed by atoms with Crippen LogP contribution in [0.5, 0.6) is 0 Å². The zero-order chi connectivity index (χ0) is 25.7. The molecule has 2 rings (SSSR count). The van der Waals surface area contributed by atoms with Crippen LogP contribution in [-0.4, -0.2) is 41.2 Å². The van der Waals surface area contributed by atoms with Crippen molar-refractivity contribution < 1.29 is 13.2 Å². The zero-order valence-electron chi connectivity index (χ0n) is 20.7. The number of nitrogens with one attached hydrogen (secondary N) is 1. The molecule has 0 aromatic rings. The molecule has 1 N–H and O–H groups in total. The van der Waals surface area contributed by atoms with Crippen molar-refractivity contribution in [2.75, 3.05) is 19.3 Å². The molecule has 0 fully saturated rings. The minimum atomic E-state index is -4.38. The van der Waals surface area contributed by atoms with Crippen LogP contribution >= 0.6 is 24.0 Å². The lowest BCUT2D eigenvalue weighted by Gasteiger charge is -2.32. The maximum atomic E-state index is 13.1. The van der Waals surface area contributed by atoms with E-state index in [1.54, 1.807) is 24.1 Å². The maximum absolute atomic E-state index is 13.1. The molecule has 0 saturated heterocycles. The average molecular weight is 512 g/mol. The number of amidine groups is 1. The Balaban J connectivity index is 0.00000281. The Morgan fingerprint density at radius 3 is 2.71 bits per heavy atom. The number of hydrogen-bond donors (Lipinski definition) is 1. The predicted octanol–water partition coefficient (Wildman–Crippen LogP) is 7.59. The summed E-state index contributed by atoms with van der Waals surface area (Å²) < 4.78 is 39.2. The van der Waals surface area contributed by atoms with Gasteiger partial charge in [-0.15, -0.1) is 11.8 Å². The van der Waals surface area contributed by atoms with E-state index in [-0.39, 0.29) is 11.8 Å². The Hall–Kier alpha value is -2.06. The number of hydrogen-bond acceptors (Lipinski definition) is 3. The molecule has 2 unspecified atom stereocenters. The lowest BCUT2D eigenvalue weighted by atomic mass is 9.93. The molecule has 188 valence electrons. The van der Waals surface area contributed by atoms with E-state index in [1.165, 1.54) is 11.8 Å². The zero-order valence-corrected chi connectivity index (χ0v) is 22.3. The highest BCUT2D eigenvalue weighted by atomic mass is 32.2. The number of likely N-dealkylation sites (N-methyl/N-ethyl adjacent to an activating group) is 1. The van der Waals surface area contributed by atoms with Crippen molar-refractivity contribution in [1.82, 2.24) is 10.2 Å². The Labute approximate surface area is 212 Å². The summed E-state index contributed by atoms with van der Waals surface area (Å²) in [5, 5.41) is 3.04. The van der Waals surface area contributed by atoms with Crippen LogP contribution in [0.3, 0.4) is 0 Å². The molecule has 34 heavy (non-hydrogen) atoms. The van der Waals surface area contributed by atoms with Crippen LogP contribution in [-0.2, 0) is 0 Å². The second-order valence-corrected chi connectivity index (χ2v) is 9.07. The molecule has 1 aliphatic heterocycles. The minimum Gasteiger partial charge on any atom is -0.353 e. The fourth-order valence-electron chi connectivity index (χ4n) is 3.46. The van der Waals surface area contributed by atoms with Crippen LogP contribution in [0, 0.1) is 11.8 Å². The molecule has 2 atom stereocenters. The first-order chi connectivity index (χ1) is 16.2. The maximum Gasteiger partial charge on any atom is 0.408 e. The molecule has 1 aliphatic carbocycles. The highest BCUT2D eigenvalue weighted by Gasteiger charge is 2.29. The molecule has 2 aliphatic rings. The van der Waals surface area contributed by atoms with Gasteiger partial charge in [0.05, 0.1) is 0 Å². The quantitative estimate of drug-likeness (QED) is 0.157. The van der Waals surface area contributed by atoms with Crippen LogP contribution in [0.25, 0.3) is 0 Å². The number of halogens is 3. The summed E-state index contributed by atoms with van der Waals surface area (Å²) in [6.45, 7) is 10.6. The number of nitrogens with zero attached hydrogens (tertiary/aromatic N) is 2. The number of thiocarbonyl (C=S) groups is 1. The number of allylic oxidation sites excluding steroid dienone is 8. The van der Waals surface area contributed by atoms with Gasteiger partial charge < -0.3 is 10.2 Å². The standard InChI is InChI=1S/C24H30F3N3S2.C2H6/c1-5-9-21(32-15-18-12-13-28-23(31)17(3)14-18)22(29-16-24(25,26)27)30(4)20-11-8-7-10-19(20)6-2;1-2/h5,7-9,11-14,18-19H,1,6,10,15-16H2,2-4H3,(H,28,31);1-2H3/b21-9-,29-22?;. The average Bonchev–Trinajstić information content (AvgIpc) is 2.97. The number of thioether (sulfide) groups is 1. The molecular formula is C26H36F3N3S2. The van der Waals surface area contributed by atoms with E-state index < -0.39 is 12.7 Å². The van der Waals surface area contributed by atoms with Gasteiger partial charge in [0, 0.05) is 35.2 Å². The molecule has 0 amide bonds. The summed E-state index contributed by atoms with van der Waals surface area (Å²) in [6.07, 6.45) is 12.6. The van der Waals surface area contributed by atoms with Crippen LogP contribution in [0.2, 0.25) is 0 Å². The van der Waals surface area contributed by atoms with Crippen LogP contribution in [0.1, 0.15) is 40.5 Å². The third-order valence-electron chi connectivity index (χ3n) is 5.15. The summed E-state index contributed by atoms with van der Waals surface area (Å²) in [5.74, 6) is 1.25. The molecule has 1 heterocycles. The van der Waals surface area contributed by atoms with Gasteiger partial charge >= 0.3 is 6.18 Å². The van der Waals surface area contributed by atoms with Crippen molar-refractivity contribution in [2.24, 2.45) is 16.8 Å². The van der Waals surface area contributed by atoms with Gasteiger partial charge in [-0.3, -0.25) is 4.99 Å². The van der Waals surface area contributed by atoms with Gasteiger partial charge in [-0.2, -0.15) is 13.2 Å². The van der Waals surface area contributed by atoms with E-state index >= 15 is 0 Å². The fraction of sp³-hybridized carbons (Fsp3) is 0.462. The van der Waals surface area contributed by atoms with E-state index in [0.29, 0.717) is 21.5 Å². The normalized spacial score (nSPS) is 21.0. The van der Waals surface area contributed by atoms with Crippen LogP contribution < -0.4 is 5.32 Å². The lowest BCUT2D eigenvalue weighted by molar-refractivity contribution is -0.118. The van der Waals surface area contributed by atoms with Crippen molar-refractivity contribution in [3.05, 3.63) is 71.5 Å². The molecule has 0 aromatic carbocycles. The minimum absolute atomic E-state index is 0.0792. The first-order valence-electron chi connectivity index (χ1n) is 11.5. The Morgan fingerprint density at radius 2 is 2.09 bits per heavy atom. The molecule has 0 aromatic heterocycles. The fourth-order valence-corrected chi connectivity index (χ4v) is 4.70. The van der Waals surface area contributed by atoms with E-state index in [0.717, 1.165) is 24.1 Å². The SMILES string of the molecule is C=C/C=C(\SCC1C=CNC(=S)C(C)=C1)C(=NCC(F)(F)F)N(C)C1=CC=CCC1CC.CC. The lowest BCUT2D eigenvalue weighted by Crippen LogP contribution is -2.32. The van der Waals surface area contributed by atoms with Crippen LogP contribution in [0.4, 0.5) is 13.2 Å². The molecule has 0 saturated carbocycles. The van der Waals surface area contributed by atoms with Crippen molar-refractivity contribution in [2.45, 2.75) is 46.7 Å². The topological polar surface area (TPSA) is 27.6 Å². The van der Waals surface area contributed by atoms with Crippen molar-refractivity contribution in [3.8, 4) is 0 Å². The van der Waals surface area contributed by atoms with Crippen LogP contribution in [0.15, 0.2) is 76.5 Å². The van der Waals surface area contributed by atoms with Gasteiger partial charge in [0.1, 0.15) is 17.4 Å². The van der Waals surface area contributed by atoms with Gasteiger partial charge in [-0.1, -0.05) is 69.9 Å². The molecule has 0 radical (unpaired) electrons. The summed E-state index contributed by atoms with van der Waals surface area (Å²) in [5.41, 5.74) is 1.93. The third kappa shape index (κ3) is 9.66. The summed E-state index contributed by atoms with van der Waals surface area (Å²) in [4.78, 5) is 7.14.